The number of amides is 1. The molecule has 1 amide bonds. The summed E-state index contributed by atoms with van der Waals surface area (Å²) in [5.74, 6) is 0.693. The van der Waals surface area contributed by atoms with Crippen LogP contribution >= 0.6 is 11.6 Å². The number of nitrogens with zero attached hydrogens (tertiary/aromatic N) is 3. The number of benzene rings is 1. The number of nitrogens with one attached hydrogen (secondary N) is 1. The Bertz CT molecular complexity index is 874. The number of halogens is 1. The van der Waals surface area contributed by atoms with E-state index in [9.17, 15) is 9.90 Å². The van der Waals surface area contributed by atoms with E-state index in [-0.39, 0.29) is 19.1 Å². The lowest BCUT2D eigenvalue weighted by molar-refractivity contribution is 0.0843. The van der Waals surface area contributed by atoms with E-state index in [1.54, 1.807) is 42.7 Å². The molecule has 0 saturated carbocycles. The van der Waals surface area contributed by atoms with Gasteiger partial charge in [-0.3, -0.25) is 9.78 Å². The number of aliphatic hydroxyl groups is 1. The van der Waals surface area contributed by atoms with Gasteiger partial charge in [0.15, 0.2) is 5.82 Å². The molecule has 0 saturated heterocycles. The van der Waals surface area contributed by atoms with Crippen LogP contribution in [0.15, 0.2) is 61.2 Å². The molecular formula is C19H17ClN4O3. The molecule has 138 valence electrons. The highest BCUT2D eigenvalue weighted by Gasteiger charge is 2.11. The van der Waals surface area contributed by atoms with Crippen LogP contribution in [0.3, 0.4) is 0 Å². The van der Waals surface area contributed by atoms with Crippen molar-refractivity contribution in [3.63, 3.8) is 0 Å². The Labute approximate surface area is 161 Å². The maximum absolute atomic E-state index is 12.1. The Kier molecular flexibility index (Phi) is 6.30. The first kappa shape index (κ1) is 18.8. The number of hydrogen-bond donors (Lipinski definition) is 2. The molecule has 1 atom stereocenters. The van der Waals surface area contributed by atoms with Crippen LogP contribution in [-0.4, -0.2) is 45.2 Å². The van der Waals surface area contributed by atoms with E-state index >= 15 is 0 Å². The summed E-state index contributed by atoms with van der Waals surface area (Å²) in [4.78, 5) is 24.5. The minimum Gasteiger partial charge on any atom is -0.491 e. The molecule has 7 nitrogen and oxygen atoms in total. The van der Waals surface area contributed by atoms with Crippen LogP contribution < -0.4 is 10.1 Å². The summed E-state index contributed by atoms with van der Waals surface area (Å²) in [5, 5.41) is 13.2. The second kappa shape index (κ2) is 9.07. The topological polar surface area (TPSA) is 97.2 Å². The van der Waals surface area contributed by atoms with Crippen LogP contribution in [0.5, 0.6) is 5.75 Å². The van der Waals surface area contributed by atoms with Gasteiger partial charge in [0.1, 0.15) is 18.5 Å². The van der Waals surface area contributed by atoms with Crippen molar-refractivity contribution in [1.29, 1.82) is 0 Å². The van der Waals surface area contributed by atoms with Crippen LogP contribution in [0, 0.1) is 0 Å². The van der Waals surface area contributed by atoms with E-state index in [0.29, 0.717) is 22.2 Å². The zero-order valence-electron chi connectivity index (χ0n) is 14.2. The molecule has 0 spiro atoms. The molecule has 8 heteroatoms. The van der Waals surface area contributed by atoms with Crippen LogP contribution in [0.1, 0.15) is 10.4 Å². The van der Waals surface area contributed by atoms with Crippen molar-refractivity contribution in [2.45, 2.75) is 6.10 Å². The average Bonchev–Trinajstić information content (AvgIpc) is 2.72. The number of ether oxygens (including phenoxy) is 1. The molecule has 2 aromatic heterocycles. The second-order valence-corrected chi connectivity index (χ2v) is 6.10. The molecule has 3 aromatic rings. The first-order valence-corrected chi connectivity index (χ1v) is 8.56. The van der Waals surface area contributed by atoms with E-state index in [2.05, 4.69) is 20.3 Å². The van der Waals surface area contributed by atoms with Gasteiger partial charge in [-0.15, -0.1) is 0 Å². The third-order valence-corrected chi connectivity index (χ3v) is 3.84. The molecule has 0 radical (unpaired) electrons. The molecular weight excluding hydrogens is 368 g/mol. The zero-order chi connectivity index (χ0) is 19.1. The monoisotopic (exact) mass is 384 g/mol. The number of carbonyl (C=O) groups is 1. The summed E-state index contributed by atoms with van der Waals surface area (Å²) in [6.45, 7) is 0.0785. The third kappa shape index (κ3) is 5.47. The van der Waals surface area contributed by atoms with Crippen molar-refractivity contribution in [1.82, 2.24) is 20.3 Å². The van der Waals surface area contributed by atoms with Gasteiger partial charge < -0.3 is 15.2 Å². The highest BCUT2D eigenvalue weighted by Crippen LogP contribution is 2.15. The number of hydrogen-bond acceptors (Lipinski definition) is 6. The molecule has 3 rings (SSSR count). The maximum Gasteiger partial charge on any atom is 0.254 e. The van der Waals surface area contributed by atoms with Gasteiger partial charge in [0, 0.05) is 41.9 Å². The Morgan fingerprint density at radius 3 is 2.56 bits per heavy atom. The van der Waals surface area contributed by atoms with Crippen molar-refractivity contribution in [3.05, 3.63) is 71.8 Å². The SMILES string of the molecule is O=C(NC[C@H](O)COc1ccc(Cl)cc1)c1cnc(-c2cccnc2)nc1. The molecule has 0 aliphatic rings. The predicted molar refractivity (Wildman–Crippen MR) is 101 cm³/mol. The first-order chi connectivity index (χ1) is 13.1. The Morgan fingerprint density at radius 2 is 1.89 bits per heavy atom. The quantitative estimate of drug-likeness (QED) is 0.649. The molecule has 0 bridgehead atoms. The number of aliphatic hydroxyl groups excluding tert-OH is 1. The van der Waals surface area contributed by atoms with Crippen LogP contribution in [0.25, 0.3) is 11.4 Å². The van der Waals surface area contributed by atoms with E-state index in [1.165, 1.54) is 12.4 Å². The Hall–Kier alpha value is -3.03. The predicted octanol–water partition coefficient (Wildman–Crippen LogP) is 2.36. The highest BCUT2D eigenvalue weighted by molar-refractivity contribution is 6.30. The highest BCUT2D eigenvalue weighted by atomic mass is 35.5. The smallest absolute Gasteiger partial charge is 0.254 e. The average molecular weight is 385 g/mol. The minimum atomic E-state index is -0.861. The van der Waals surface area contributed by atoms with Crippen molar-refractivity contribution >= 4 is 17.5 Å². The Balaban J connectivity index is 1.47. The normalized spacial score (nSPS) is 11.6. The number of aromatic nitrogens is 3. The second-order valence-electron chi connectivity index (χ2n) is 5.67. The summed E-state index contributed by atoms with van der Waals surface area (Å²) in [6.07, 6.45) is 5.31. The van der Waals surface area contributed by atoms with E-state index in [4.69, 9.17) is 16.3 Å². The summed E-state index contributed by atoms with van der Waals surface area (Å²) < 4.78 is 5.43. The lowest BCUT2D eigenvalue weighted by Gasteiger charge is -2.13. The van der Waals surface area contributed by atoms with E-state index < -0.39 is 6.10 Å². The fourth-order valence-electron chi connectivity index (χ4n) is 2.18. The van der Waals surface area contributed by atoms with Gasteiger partial charge in [0.25, 0.3) is 5.91 Å². The van der Waals surface area contributed by atoms with Gasteiger partial charge in [-0.05, 0) is 36.4 Å². The summed E-state index contributed by atoms with van der Waals surface area (Å²) in [5.41, 5.74) is 1.06. The number of carbonyl (C=O) groups excluding carboxylic acids is 1. The Morgan fingerprint density at radius 1 is 1.15 bits per heavy atom. The minimum absolute atomic E-state index is 0.0385. The van der Waals surface area contributed by atoms with E-state index in [0.717, 1.165) is 5.56 Å². The lowest BCUT2D eigenvalue weighted by atomic mass is 10.2. The van der Waals surface area contributed by atoms with Gasteiger partial charge in [-0.2, -0.15) is 0 Å². The molecule has 27 heavy (non-hydrogen) atoms. The van der Waals surface area contributed by atoms with Gasteiger partial charge in [-0.25, -0.2) is 9.97 Å². The van der Waals surface area contributed by atoms with Gasteiger partial charge >= 0.3 is 0 Å². The molecule has 0 unspecified atom stereocenters. The van der Waals surface area contributed by atoms with Crippen molar-refractivity contribution in [2.24, 2.45) is 0 Å². The zero-order valence-corrected chi connectivity index (χ0v) is 15.0. The first-order valence-electron chi connectivity index (χ1n) is 8.19. The van der Waals surface area contributed by atoms with Crippen LogP contribution in [0.2, 0.25) is 5.02 Å². The fraction of sp³-hybridized carbons (Fsp3) is 0.158. The maximum atomic E-state index is 12.1. The molecule has 2 N–H and O–H groups in total. The largest absolute Gasteiger partial charge is 0.491 e. The van der Waals surface area contributed by atoms with Crippen LogP contribution in [0.4, 0.5) is 0 Å². The summed E-state index contributed by atoms with van der Waals surface area (Å²) >= 11 is 5.80. The molecule has 2 heterocycles. The number of rotatable bonds is 7. The molecule has 1 aromatic carbocycles. The molecule has 0 fully saturated rings. The standard InChI is InChI=1S/C19H17ClN4O3/c20-15-3-5-17(6-4-15)27-12-16(25)11-24-19(26)14-9-22-18(23-10-14)13-2-1-7-21-8-13/h1-10,16,25H,11-12H2,(H,24,26)/t16-/m0/s1. The molecule has 0 aliphatic carbocycles. The van der Waals surface area contributed by atoms with Crippen LogP contribution in [-0.2, 0) is 0 Å². The van der Waals surface area contributed by atoms with Crippen molar-refractivity contribution < 1.29 is 14.6 Å². The number of pyridine rings is 1. The van der Waals surface area contributed by atoms with Gasteiger partial charge in [0.2, 0.25) is 0 Å². The van der Waals surface area contributed by atoms with Crippen molar-refractivity contribution in [3.8, 4) is 17.1 Å². The third-order valence-electron chi connectivity index (χ3n) is 3.59. The summed E-state index contributed by atoms with van der Waals surface area (Å²) in [7, 11) is 0. The van der Waals surface area contributed by atoms with Crippen molar-refractivity contribution in [2.75, 3.05) is 13.2 Å². The summed E-state index contributed by atoms with van der Waals surface area (Å²) in [6, 6.07) is 10.4. The van der Waals surface area contributed by atoms with Gasteiger partial charge in [-0.1, -0.05) is 11.6 Å². The lowest BCUT2D eigenvalue weighted by Crippen LogP contribution is -2.35. The van der Waals surface area contributed by atoms with Gasteiger partial charge in [0.05, 0.1) is 5.56 Å². The van der Waals surface area contributed by atoms with E-state index in [1.807, 2.05) is 6.07 Å². The fourth-order valence-corrected chi connectivity index (χ4v) is 2.31. The molecule has 0 aliphatic heterocycles.